The SMILES string of the molecule is Cc1cccc(NC(=O)NC(=S)c2cccc3ccccc23)c1. The summed E-state index contributed by atoms with van der Waals surface area (Å²) >= 11 is 5.39. The quantitative estimate of drug-likeness (QED) is 0.675. The average Bonchev–Trinajstić information content (AvgIpc) is 2.54. The second-order valence-corrected chi connectivity index (χ2v) is 5.71. The number of anilines is 1. The maximum absolute atomic E-state index is 12.1. The zero-order valence-electron chi connectivity index (χ0n) is 12.7. The van der Waals surface area contributed by atoms with Crippen LogP contribution in [0.1, 0.15) is 11.1 Å². The Labute approximate surface area is 140 Å². The molecule has 0 bridgehead atoms. The van der Waals surface area contributed by atoms with E-state index in [1.807, 2.05) is 73.7 Å². The van der Waals surface area contributed by atoms with Crippen molar-refractivity contribution < 1.29 is 4.79 Å². The van der Waals surface area contributed by atoms with Crippen LogP contribution in [-0.2, 0) is 0 Å². The summed E-state index contributed by atoms with van der Waals surface area (Å²) in [5.41, 5.74) is 2.67. The molecule has 3 nitrogen and oxygen atoms in total. The van der Waals surface area contributed by atoms with E-state index in [0.717, 1.165) is 27.6 Å². The third-order valence-corrected chi connectivity index (χ3v) is 3.86. The highest BCUT2D eigenvalue weighted by molar-refractivity contribution is 7.80. The molecule has 0 spiro atoms. The van der Waals surface area contributed by atoms with Gasteiger partial charge in [0.1, 0.15) is 4.99 Å². The highest BCUT2D eigenvalue weighted by atomic mass is 32.1. The van der Waals surface area contributed by atoms with E-state index in [2.05, 4.69) is 10.6 Å². The summed E-state index contributed by atoms with van der Waals surface area (Å²) in [4.78, 5) is 12.5. The zero-order valence-corrected chi connectivity index (χ0v) is 13.5. The number of hydrogen-bond donors (Lipinski definition) is 2. The van der Waals surface area contributed by atoms with Crippen LogP contribution >= 0.6 is 12.2 Å². The Kier molecular flexibility index (Phi) is 4.35. The number of aryl methyl sites for hydroxylation is 1. The molecule has 0 unspecified atom stereocenters. The molecule has 0 saturated carbocycles. The number of amides is 2. The number of hydrogen-bond acceptors (Lipinski definition) is 2. The number of urea groups is 1. The number of fused-ring (bicyclic) bond motifs is 1. The van der Waals surface area contributed by atoms with Crippen LogP contribution in [0.3, 0.4) is 0 Å². The van der Waals surface area contributed by atoms with Gasteiger partial charge in [-0.15, -0.1) is 0 Å². The van der Waals surface area contributed by atoms with Crippen LogP contribution in [0.2, 0.25) is 0 Å². The molecule has 3 aromatic carbocycles. The van der Waals surface area contributed by atoms with Crippen molar-refractivity contribution in [3.05, 3.63) is 77.9 Å². The number of nitrogens with one attached hydrogen (secondary N) is 2. The van der Waals surface area contributed by atoms with Crippen LogP contribution in [-0.4, -0.2) is 11.0 Å². The fourth-order valence-corrected chi connectivity index (χ4v) is 2.75. The number of thiocarbonyl (C=S) groups is 1. The van der Waals surface area contributed by atoms with E-state index in [1.165, 1.54) is 0 Å². The molecule has 0 saturated heterocycles. The molecule has 3 rings (SSSR count). The van der Waals surface area contributed by atoms with Crippen LogP contribution in [0.5, 0.6) is 0 Å². The van der Waals surface area contributed by atoms with Gasteiger partial charge in [0, 0.05) is 11.3 Å². The van der Waals surface area contributed by atoms with Gasteiger partial charge in [-0.3, -0.25) is 5.32 Å². The second kappa shape index (κ2) is 6.58. The summed E-state index contributed by atoms with van der Waals surface area (Å²) in [7, 11) is 0. The van der Waals surface area contributed by atoms with Gasteiger partial charge in [0.05, 0.1) is 0 Å². The summed E-state index contributed by atoms with van der Waals surface area (Å²) < 4.78 is 0. The molecule has 0 fully saturated rings. The lowest BCUT2D eigenvalue weighted by Gasteiger charge is -2.11. The van der Waals surface area contributed by atoms with Gasteiger partial charge in [-0.25, -0.2) is 4.79 Å². The molecule has 4 heteroatoms. The number of carbonyl (C=O) groups excluding carboxylic acids is 1. The Morgan fingerprint density at radius 1 is 0.957 bits per heavy atom. The molecule has 0 aliphatic carbocycles. The molecule has 114 valence electrons. The molecule has 23 heavy (non-hydrogen) atoms. The van der Waals surface area contributed by atoms with Crippen molar-refractivity contribution in [2.75, 3.05) is 5.32 Å². The molecule has 2 amide bonds. The van der Waals surface area contributed by atoms with E-state index in [-0.39, 0.29) is 6.03 Å². The normalized spacial score (nSPS) is 10.3. The van der Waals surface area contributed by atoms with Crippen LogP contribution < -0.4 is 10.6 Å². The second-order valence-electron chi connectivity index (χ2n) is 5.30. The van der Waals surface area contributed by atoms with E-state index in [9.17, 15) is 4.79 Å². The van der Waals surface area contributed by atoms with Crippen molar-refractivity contribution in [3.63, 3.8) is 0 Å². The third-order valence-electron chi connectivity index (χ3n) is 3.54. The summed E-state index contributed by atoms with van der Waals surface area (Å²) in [6.07, 6.45) is 0. The first-order valence-electron chi connectivity index (χ1n) is 7.30. The van der Waals surface area contributed by atoms with Crippen LogP contribution in [0.25, 0.3) is 10.8 Å². The van der Waals surface area contributed by atoms with Gasteiger partial charge in [-0.2, -0.15) is 0 Å². The minimum atomic E-state index is -0.339. The van der Waals surface area contributed by atoms with Crippen molar-refractivity contribution >= 4 is 39.7 Å². The molecule has 0 atom stereocenters. The lowest BCUT2D eigenvalue weighted by molar-refractivity contribution is 0.256. The third kappa shape index (κ3) is 3.55. The highest BCUT2D eigenvalue weighted by Gasteiger charge is 2.09. The number of benzene rings is 3. The fourth-order valence-electron chi connectivity index (χ4n) is 2.48. The standard InChI is InChI=1S/C19H16N2OS/c1-13-6-4-9-15(12-13)20-19(22)21-18(23)17-11-5-8-14-7-2-3-10-16(14)17/h2-12H,1H3,(H2,20,21,22,23). The molecule has 0 aliphatic heterocycles. The van der Waals surface area contributed by atoms with Crippen LogP contribution in [0.4, 0.5) is 10.5 Å². The number of carbonyl (C=O) groups is 1. The van der Waals surface area contributed by atoms with Crippen LogP contribution in [0, 0.1) is 6.92 Å². The average molecular weight is 320 g/mol. The highest BCUT2D eigenvalue weighted by Crippen LogP contribution is 2.19. The topological polar surface area (TPSA) is 41.1 Å². The summed E-state index contributed by atoms with van der Waals surface area (Å²) in [6.45, 7) is 1.98. The maximum Gasteiger partial charge on any atom is 0.324 e. The van der Waals surface area contributed by atoms with Gasteiger partial charge >= 0.3 is 6.03 Å². The van der Waals surface area contributed by atoms with Crippen molar-refractivity contribution in [1.82, 2.24) is 5.32 Å². The van der Waals surface area contributed by atoms with Gasteiger partial charge in [0.2, 0.25) is 0 Å². The predicted molar refractivity (Wildman–Crippen MR) is 99.0 cm³/mol. The molecule has 2 N–H and O–H groups in total. The van der Waals surface area contributed by atoms with Crippen molar-refractivity contribution in [2.24, 2.45) is 0 Å². The van der Waals surface area contributed by atoms with Gasteiger partial charge in [-0.05, 0) is 35.4 Å². The Morgan fingerprint density at radius 2 is 1.70 bits per heavy atom. The summed E-state index contributed by atoms with van der Waals surface area (Å²) in [5.74, 6) is 0. The van der Waals surface area contributed by atoms with E-state index in [1.54, 1.807) is 0 Å². The Balaban J connectivity index is 1.77. The number of rotatable bonds is 2. The lowest BCUT2D eigenvalue weighted by Crippen LogP contribution is -2.33. The monoisotopic (exact) mass is 320 g/mol. The van der Waals surface area contributed by atoms with Crippen molar-refractivity contribution in [1.29, 1.82) is 0 Å². The van der Waals surface area contributed by atoms with Crippen LogP contribution in [0.15, 0.2) is 66.7 Å². The first-order valence-corrected chi connectivity index (χ1v) is 7.71. The molecular formula is C19H16N2OS. The Morgan fingerprint density at radius 3 is 2.52 bits per heavy atom. The van der Waals surface area contributed by atoms with E-state index >= 15 is 0 Å². The van der Waals surface area contributed by atoms with Gasteiger partial charge < -0.3 is 5.32 Å². The van der Waals surface area contributed by atoms with E-state index in [4.69, 9.17) is 12.2 Å². The molecular weight excluding hydrogens is 304 g/mol. The van der Waals surface area contributed by atoms with Crippen molar-refractivity contribution in [2.45, 2.75) is 6.92 Å². The fraction of sp³-hybridized carbons (Fsp3) is 0.0526. The first-order chi connectivity index (χ1) is 11.1. The molecule has 0 radical (unpaired) electrons. The molecule has 0 aliphatic rings. The summed E-state index contributed by atoms with van der Waals surface area (Å²) in [5, 5.41) is 7.65. The summed E-state index contributed by atoms with van der Waals surface area (Å²) in [6, 6.07) is 21.1. The van der Waals surface area contributed by atoms with E-state index < -0.39 is 0 Å². The maximum atomic E-state index is 12.1. The molecule has 0 aromatic heterocycles. The molecule has 0 heterocycles. The van der Waals surface area contributed by atoms with Gasteiger partial charge in [0.25, 0.3) is 0 Å². The molecule has 3 aromatic rings. The first kappa shape index (κ1) is 15.2. The smallest absolute Gasteiger partial charge is 0.308 e. The Bertz CT molecular complexity index is 884. The Hall–Kier alpha value is -2.72. The van der Waals surface area contributed by atoms with Gasteiger partial charge in [0.15, 0.2) is 0 Å². The zero-order chi connectivity index (χ0) is 16.2. The minimum Gasteiger partial charge on any atom is -0.308 e. The minimum absolute atomic E-state index is 0.339. The van der Waals surface area contributed by atoms with Gasteiger partial charge in [-0.1, -0.05) is 66.8 Å². The van der Waals surface area contributed by atoms with E-state index in [0.29, 0.717) is 4.99 Å². The lowest BCUT2D eigenvalue weighted by atomic mass is 10.0. The largest absolute Gasteiger partial charge is 0.324 e. The predicted octanol–water partition coefficient (Wildman–Crippen LogP) is 4.65. The van der Waals surface area contributed by atoms with Crippen molar-refractivity contribution in [3.8, 4) is 0 Å².